The molecule has 166 valence electrons. The number of hydrogen-bond acceptors (Lipinski definition) is 6. The van der Waals surface area contributed by atoms with Crippen molar-refractivity contribution in [2.45, 2.75) is 51.0 Å². The van der Waals surface area contributed by atoms with E-state index in [9.17, 15) is 9.59 Å². The summed E-state index contributed by atoms with van der Waals surface area (Å²) in [4.78, 5) is 42.0. The fraction of sp³-hybridized carbons (Fsp3) is 0.714. The van der Waals surface area contributed by atoms with Gasteiger partial charge in [0, 0.05) is 39.3 Å². The van der Waals surface area contributed by atoms with Crippen molar-refractivity contribution < 1.29 is 24.2 Å². The Kier molecular flexibility index (Phi) is 7.47. The summed E-state index contributed by atoms with van der Waals surface area (Å²) in [6, 6.07) is 0. The second kappa shape index (κ2) is 10.1. The maximum absolute atomic E-state index is 12.7. The average Bonchev–Trinajstić information content (AvgIpc) is 3.16. The first-order valence-corrected chi connectivity index (χ1v) is 10.8. The molecule has 3 fully saturated rings. The van der Waals surface area contributed by atoms with Crippen molar-refractivity contribution >= 4 is 18.3 Å². The summed E-state index contributed by atoms with van der Waals surface area (Å²) >= 11 is 0. The van der Waals surface area contributed by atoms with Crippen molar-refractivity contribution in [3.05, 3.63) is 18.2 Å². The number of carboxylic acid groups (broad SMARTS) is 1. The number of amides is 1. The van der Waals surface area contributed by atoms with E-state index in [0.29, 0.717) is 31.6 Å². The van der Waals surface area contributed by atoms with Gasteiger partial charge in [-0.3, -0.25) is 19.3 Å². The zero-order valence-electron chi connectivity index (χ0n) is 17.7. The van der Waals surface area contributed by atoms with E-state index < -0.39 is 5.41 Å². The van der Waals surface area contributed by atoms with Crippen LogP contribution in [0.1, 0.15) is 55.4 Å². The van der Waals surface area contributed by atoms with Crippen LogP contribution in [0, 0.1) is 5.41 Å². The van der Waals surface area contributed by atoms with Gasteiger partial charge in [-0.15, -0.1) is 0 Å². The third-order valence-corrected chi connectivity index (χ3v) is 6.42. The summed E-state index contributed by atoms with van der Waals surface area (Å²) in [7, 11) is 1.86. The Hall–Kier alpha value is -2.42. The molecule has 1 atom stereocenters. The molecule has 9 nitrogen and oxygen atoms in total. The zero-order valence-corrected chi connectivity index (χ0v) is 17.7. The minimum atomic E-state index is -0.391. The molecule has 3 saturated heterocycles. The van der Waals surface area contributed by atoms with Crippen LogP contribution in [0.2, 0.25) is 0 Å². The van der Waals surface area contributed by atoms with E-state index in [1.165, 1.54) is 25.7 Å². The van der Waals surface area contributed by atoms with Gasteiger partial charge < -0.3 is 19.3 Å². The van der Waals surface area contributed by atoms with Gasteiger partial charge in [0.05, 0.1) is 11.7 Å². The highest BCUT2D eigenvalue weighted by Gasteiger charge is 2.51. The number of aromatic nitrogens is 2. The highest BCUT2D eigenvalue weighted by Crippen LogP contribution is 2.43. The second-order valence-electron chi connectivity index (χ2n) is 8.55. The molecular formula is C21H32N4O5. The van der Waals surface area contributed by atoms with E-state index in [1.807, 2.05) is 11.9 Å². The van der Waals surface area contributed by atoms with Gasteiger partial charge >= 0.3 is 5.97 Å². The lowest BCUT2D eigenvalue weighted by atomic mass is 9.76. The van der Waals surface area contributed by atoms with Crippen molar-refractivity contribution in [2.75, 3.05) is 32.7 Å². The van der Waals surface area contributed by atoms with Crippen molar-refractivity contribution in [3.63, 3.8) is 0 Å². The Morgan fingerprint density at radius 1 is 1.23 bits per heavy atom. The van der Waals surface area contributed by atoms with Crippen LogP contribution in [0.4, 0.5) is 0 Å². The van der Waals surface area contributed by atoms with Gasteiger partial charge in [0.1, 0.15) is 11.8 Å². The fourth-order valence-corrected chi connectivity index (χ4v) is 4.78. The van der Waals surface area contributed by atoms with E-state index in [4.69, 9.17) is 14.6 Å². The second-order valence-corrected chi connectivity index (χ2v) is 8.55. The Morgan fingerprint density at radius 2 is 1.87 bits per heavy atom. The van der Waals surface area contributed by atoms with Crippen LogP contribution >= 0.6 is 0 Å². The van der Waals surface area contributed by atoms with Crippen LogP contribution in [0.3, 0.4) is 0 Å². The van der Waals surface area contributed by atoms with Gasteiger partial charge in [0.25, 0.3) is 12.4 Å². The molecule has 1 spiro atoms. The largest absolute Gasteiger partial charge is 0.483 e. The van der Waals surface area contributed by atoms with Crippen LogP contribution in [-0.4, -0.2) is 81.6 Å². The number of likely N-dealkylation sites (tertiary alicyclic amines) is 2. The van der Waals surface area contributed by atoms with Gasteiger partial charge in [-0.2, -0.15) is 0 Å². The predicted octanol–water partition coefficient (Wildman–Crippen LogP) is 1.53. The number of rotatable bonds is 3. The maximum Gasteiger partial charge on any atom is 0.312 e. The van der Waals surface area contributed by atoms with Crippen molar-refractivity contribution in [1.29, 1.82) is 0 Å². The molecule has 0 bridgehead atoms. The lowest BCUT2D eigenvalue weighted by Crippen LogP contribution is -2.45. The average molecular weight is 421 g/mol. The molecule has 4 rings (SSSR count). The van der Waals surface area contributed by atoms with E-state index in [0.717, 1.165) is 26.1 Å². The first-order chi connectivity index (χ1) is 14.5. The predicted molar refractivity (Wildman–Crippen MR) is 109 cm³/mol. The van der Waals surface area contributed by atoms with Gasteiger partial charge in [-0.05, 0) is 38.8 Å². The molecule has 0 saturated carbocycles. The van der Waals surface area contributed by atoms with Crippen molar-refractivity contribution in [2.24, 2.45) is 12.5 Å². The van der Waals surface area contributed by atoms with E-state index in [-0.39, 0.29) is 24.5 Å². The number of hydrogen-bond donors (Lipinski definition) is 1. The topological polar surface area (TPSA) is 105 Å². The van der Waals surface area contributed by atoms with Crippen molar-refractivity contribution in [1.82, 2.24) is 19.4 Å². The third-order valence-electron chi connectivity index (χ3n) is 6.42. The fourth-order valence-electron chi connectivity index (χ4n) is 4.78. The van der Waals surface area contributed by atoms with Crippen molar-refractivity contribution in [3.8, 4) is 0 Å². The first kappa shape index (κ1) is 22.3. The Bertz CT molecular complexity index is 734. The first-order valence-electron chi connectivity index (χ1n) is 10.8. The number of ether oxygens (including phenoxy) is 1. The molecule has 1 aromatic heterocycles. The summed E-state index contributed by atoms with van der Waals surface area (Å²) in [6.45, 7) is 4.05. The SMILES string of the molecule is Cn1cnc(C(=O)N2CCC3(CC2)CC(CN2CCCCCC2)OC3=O)c1.O=CO. The molecule has 1 unspecified atom stereocenters. The smallest absolute Gasteiger partial charge is 0.312 e. The van der Waals surface area contributed by atoms with Crippen LogP contribution in [0.25, 0.3) is 0 Å². The molecule has 0 aliphatic carbocycles. The highest BCUT2D eigenvalue weighted by atomic mass is 16.6. The molecule has 1 amide bonds. The zero-order chi connectivity index (χ0) is 21.6. The van der Waals surface area contributed by atoms with Gasteiger partial charge in [0.15, 0.2) is 0 Å². The lowest BCUT2D eigenvalue weighted by molar-refractivity contribution is -0.151. The molecular weight excluding hydrogens is 388 g/mol. The molecule has 1 N–H and O–H groups in total. The standard InChI is InChI=1S/C20H30N4O3.CH2O2/c1-22-14-17(21-15-22)18(25)24-10-6-20(7-11-24)12-16(27-19(20)26)13-23-8-4-2-3-5-9-23;2-1-3/h14-16H,2-13H2,1H3;1H,(H,2,3). The van der Waals surface area contributed by atoms with Crippen LogP contribution in [-0.2, 0) is 21.4 Å². The molecule has 30 heavy (non-hydrogen) atoms. The molecule has 9 heteroatoms. The number of cyclic esters (lactones) is 1. The number of nitrogens with zero attached hydrogens (tertiary/aromatic N) is 4. The Balaban J connectivity index is 0.000000806. The molecule has 0 aromatic carbocycles. The normalized spacial score (nSPS) is 24.0. The van der Waals surface area contributed by atoms with Crippen LogP contribution in [0.15, 0.2) is 12.5 Å². The number of piperidine rings is 1. The minimum Gasteiger partial charge on any atom is -0.483 e. The third kappa shape index (κ3) is 5.19. The van der Waals surface area contributed by atoms with Crippen LogP contribution in [0.5, 0.6) is 0 Å². The Morgan fingerprint density at radius 3 is 2.43 bits per heavy atom. The number of aryl methyl sites for hydroxylation is 1. The number of carbonyl (C=O) groups excluding carboxylic acids is 2. The molecule has 3 aliphatic heterocycles. The lowest BCUT2D eigenvalue weighted by Gasteiger charge is -2.36. The van der Waals surface area contributed by atoms with Gasteiger partial charge in [-0.1, -0.05) is 12.8 Å². The summed E-state index contributed by atoms with van der Waals surface area (Å²) < 4.78 is 7.56. The maximum atomic E-state index is 12.7. The molecule has 1 aromatic rings. The summed E-state index contributed by atoms with van der Waals surface area (Å²) in [5.74, 6) is -0.0924. The van der Waals surface area contributed by atoms with E-state index in [2.05, 4.69) is 9.88 Å². The number of carbonyl (C=O) groups is 3. The Labute approximate surface area is 177 Å². The van der Waals surface area contributed by atoms with Gasteiger partial charge in [-0.25, -0.2) is 4.98 Å². The van der Waals surface area contributed by atoms with E-state index in [1.54, 1.807) is 17.1 Å². The van der Waals surface area contributed by atoms with Gasteiger partial charge in [0.2, 0.25) is 0 Å². The molecule has 3 aliphatic rings. The molecule has 0 radical (unpaired) electrons. The quantitative estimate of drug-likeness (QED) is 0.584. The summed E-state index contributed by atoms with van der Waals surface area (Å²) in [6.07, 6.45) is 10.7. The number of imidazole rings is 1. The van der Waals surface area contributed by atoms with E-state index >= 15 is 0 Å². The minimum absolute atomic E-state index is 0.00800. The van der Waals surface area contributed by atoms with Crippen LogP contribution < -0.4 is 0 Å². The highest BCUT2D eigenvalue weighted by molar-refractivity contribution is 5.92. The number of esters is 1. The summed E-state index contributed by atoms with van der Waals surface area (Å²) in [5.41, 5.74) is 0.0821. The molecule has 4 heterocycles. The summed E-state index contributed by atoms with van der Waals surface area (Å²) in [5, 5.41) is 6.89. The monoisotopic (exact) mass is 420 g/mol.